The molecule has 0 radical (unpaired) electrons. The number of hydrogen-bond donors (Lipinski definition) is 1. The Morgan fingerprint density at radius 2 is 1.31 bits per heavy atom. The van der Waals surface area contributed by atoms with E-state index in [-0.39, 0.29) is 0 Å². The summed E-state index contributed by atoms with van der Waals surface area (Å²) in [4.78, 5) is 0. The molecule has 0 atom stereocenters. The molecular weight excluding hydrogens is 206 g/mol. The van der Waals surface area contributed by atoms with Gasteiger partial charge in [0.2, 0.25) is 0 Å². The minimum absolute atomic E-state index is 0.430. The van der Waals surface area contributed by atoms with E-state index in [1.54, 1.807) is 0 Å². The van der Waals surface area contributed by atoms with Crippen LogP contribution in [-0.4, -0.2) is 29.6 Å². The lowest BCUT2D eigenvalue weighted by Gasteiger charge is -2.37. The van der Waals surface area contributed by atoms with E-state index in [1.165, 1.54) is 12.5 Å². The summed E-state index contributed by atoms with van der Waals surface area (Å²) in [6, 6.07) is 1.52. The van der Waals surface area contributed by atoms with Crippen LogP contribution in [0.2, 0.25) is 45.3 Å². The number of hydrogen-bond acceptors (Lipinski definition) is 1. The SMILES string of the molecule is C[Si](C)(C)[SiH](CCCN)[Si](C)(C)C. The van der Waals surface area contributed by atoms with Gasteiger partial charge < -0.3 is 5.73 Å². The Kier molecular flexibility index (Phi) is 5.14. The molecular formula is C9H27NSi3. The van der Waals surface area contributed by atoms with Gasteiger partial charge in [-0.3, -0.25) is 0 Å². The lowest BCUT2D eigenvalue weighted by Crippen LogP contribution is -2.58. The van der Waals surface area contributed by atoms with E-state index in [0.29, 0.717) is 0 Å². The highest BCUT2D eigenvalue weighted by atomic mass is 29.6. The molecule has 1 nitrogen and oxygen atoms in total. The van der Waals surface area contributed by atoms with Gasteiger partial charge in [0.15, 0.2) is 0 Å². The van der Waals surface area contributed by atoms with Crippen LogP contribution >= 0.6 is 0 Å². The van der Waals surface area contributed by atoms with E-state index >= 15 is 0 Å². The van der Waals surface area contributed by atoms with Gasteiger partial charge in [-0.1, -0.05) is 45.3 Å². The van der Waals surface area contributed by atoms with Crippen molar-refractivity contribution in [2.45, 2.75) is 51.7 Å². The van der Waals surface area contributed by atoms with Crippen LogP contribution in [0.3, 0.4) is 0 Å². The van der Waals surface area contributed by atoms with Crippen molar-refractivity contribution in [2.24, 2.45) is 5.73 Å². The monoisotopic (exact) mass is 233 g/mol. The van der Waals surface area contributed by atoms with Crippen molar-refractivity contribution in [3.63, 3.8) is 0 Å². The third kappa shape index (κ3) is 5.15. The molecule has 13 heavy (non-hydrogen) atoms. The molecule has 0 amide bonds. The second-order valence-electron chi connectivity index (χ2n) is 6.22. The first kappa shape index (κ1) is 13.6. The summed E-state index contributed by atoms with van der Waals surface area (Å²) in [5, 5.41) is 0. The molecule has 0 spiro atoms. The minimum Gasteiger partial charge on any atom is -0.330 e. The van der Waals surface area contributed by atoms with E-state index in [0.717, 1.165) is 6.54 Å². The summed E-state index contributed by atoms with van der Waals surface area (Å²) >= 11 is 0. The first-order valence-corrected chi connectivity index (χ1v) is 16.8. The minimum atomic E-state index is -0.814. The Labute approximate surface area is 87.3 Å². The zero-order chi connectivity index (χ0) is 10.7. The highest BCUT2D eigenvalue weighted by Gasteiger charge is 2.37. The zero-order valence-corrected chi connectivity index (χ0v) is 13.4. The van der Waals surface area contributed by atoms with Crippen LogP contribution in [0.25, 0.3) is 0 Å². The fourth-order valence-electron chi connectivity index (χ4n) is 2.49. The third-order valence-electron chi connectivity index (χ3n) is 2.79. The summed E-state index contributed by atoms with van der Waals surface area (Å²) < 4.78 is 0. The van der Waals surface area contributed by atoms with Crippen molar-refractivity contribution in [2.75, 3.05) is 6.54 Å². The summed E-state index contributed by atoms with van der Waals surface area (Å²) in [5.41, 5.74) is 5.62. The largest absolute Gasteiger partial charge is 0.330 e. The van der Waals surface area contributed by atoms with Crippen molar-refractivity contribution in [1.29, 1.82) is 0 Å². The molecule has 0 fully saturated rings. The Hall–Kier alpha value is 0.611. The van der Waals surface area contributed by atoms with Gasteiger partial charge in [0.25, 0.3) is 0 Å². The highest BCUT2D eigenvalue weighted by molar-refractivity contribution is 7.60. The lowest BCUT2D eigenvalue weighted by atomic mass is 10.5. The van der Waals surface area contributed by atoms with Gasteiger partial charge in [-0.2, -0.15) is 0 Å². The summed E-state index contributed by atoms with van der Waals surface area (Å²) in [5.74, 6) is 0. The molecule has 0 aromatic rings. The first-order chi connectivity index (χ1) is 5.69. The normalized spacial score (nSPS) is 13.8. The van der Waals surface area contributed by atoms with Gasteiger partial charge in [-0.15, -0.1) is 0 Å². The molecule has 0 aromatic heterocycles. The summed E-state index contributed by atoms with van der Waals surface area (Å²) in [6.45, 7) is 16.3. The van der Waals surface area contributed by atoms with Crippen LogP contribution in [0, 0.1) is 0 Å². The van der Waals surface area contributed by atoms with Gasteiger partial charge in [-0.05, 0) is 13.0 Å². The van der Waals surface area contributed by atoms with Crippen LogP contribution in [-0.2, 0) is 0 Å². The van der Waals surface area contributed by atoms with Crippen LogP contribution in [0.1, 0.15) is 6.42 Å². The average Bonchev–Trinajstić information content (AvgIpc) is 1.81. The molecule has 0 aromatic carbocycles. The van der Waals surface area contributed by atoms with Gasteiger partial charge >= 0.3 is 0 Å². The highest BCUT2D eigenvalue weighted by Crippen LogP contribution is 2.21. The first-order valence-electron chi connectivity index (χ1n) is 5.39. The Morgan fingerprint density at radius 1 is 0.923 bits per heavy atom. The van der Waals surface area contributed by atoms with E-state index in [2.05, 4.69) is 39.3 Å². The molecule has 0 heterocycles. The van der Waals surface area contributed by atoms with Crippen LogP contribution in [0.5, 0.6) is 0 Å². The third-order valence-corrected chi connectivity index (χ3v) is 37.8. The Morgan fingerprint density at radius 3 is 1.54 bits per heavy atom. The maximum Gasteiger partial charge on any atom is 0.0324 e. The van der Waals surface area contributed by atoms with Crippen molar-refractivity contribution in [3.05, 3.63) is 0 Å². The van der Waals surface area contributed by atoms with Crippen LogP contribution in [0.15, 0.2) is 0 Å². The molecule has 0 aliphatic heterocycles. The Balaban J connectivity index is 4.39. The lowest BCUT2D eigenvalue weighted by molar-refractivity contribution is 0.925. The average molecular weight is 234 g/mol. The van der Waals surface area contributed by atoms with E-state index in [4.69, 9.17) is 5.73 Å². The Bertz CT molecular complexity index is 132. The maximum atomic E-state index is 5.62. The molecule has 0 aliphatic carbocycles. The topological polar surface area (TPSA) is 26.0 Å². The quantitative estimate of drug-likeness (QED) is 0.725. The molecule has 0 saturated carbocycles. The smallest absolute Gasteiger partial charge is 0.0324 e. The van der Waals surface area contributed by atoms with Crippen molar-refractivity contribution in [1.82, 2.24) is 0 Å². The van der Waals surface area contributed by atoms with E-state index in [1.807, 2.05) is 0 Å². The van der Waals surface area contributed by atoms with E-state index in [9.17, 15) is 0 Å². The number of nitrogens with two attached hydrogens (primary N) is 1. The molecule has 0 aliphatic rings. The second-order valence-corrected chi connectivity index (χ2v) is 33.7. The van der Waals surface area contributed by atoms with Crippen molar-refractivity contribution < 1.29 is 0 Å². The zero-order valence-electron chi connectivity index (χ0n) is 10.3. The maximum absolute atomic E-state index is 5.62. The van der Waals surface area contributed by atoms with E-state index < -0.39 is 23.0 Å². The van der Waals surface area contributed by atoms with Gasteiger partial charge in [0.1, 0.15) is 0 Å². The molecule has 80 valence electrons. The fourth-order valence-corrected chi connectivity index (χ4v) is 45.1. The van der Waals surface area contributed by atoms with Crippen LogP contribution < -0.4 is 5.73 Å². The fraction of sp³-hybridized carbons (Fsp3) is 1.00. The summed E-state index contributed by atoms with van der Waals surface area (Å²) in [7, 11) is -2.06. The molecule has 0 saturated heterocycles. The predicted molar refractivity (Wildman–Crippen MR) is 72.3 cm³/mol. The van der Waals surface area contributed by atoms with Gasteiger partial charge in [0.05, 0.1) is 0 Å². The molecule has 0 unspecified atom stereocenters. The van der Waals surface area contributed by atoms with Crippen molar-refractivity contribution in [3.8, 4) is 0 Å². The molecule has 0 rings (SSSR count). The summed E-state index contributed by atoms with van der Waals surface area (Å²) in [6.07, 6.45) is 1.28. The molecule has 0 bridgehead atoms. The van der Waals surface area contributed by atoms with Crippen LogP contribution in [0.4, 0.5) is 0 Å². The van der Waals surface area contributed by atoms with Gasteiger partial charge in [0, 0.05) is 23.0 Å². The second kappa shape index (κ2) is 4.91. The predicted octanol–water partition coefficient (Wildman–Crippen LogP) is 2.40. The standard InChI is InChI=1S/C9H27NSi3/c1-12(2,3)11(9-7-8-10)13(4,5)6/h11H,7-10H2,1-6H3. The van der Waals surface area contributed by atoms with Crippen molar-refractivity contribution >= 4 is 23.0 Å². The molecule has 2 N–H and O–H groups in total. The number of rotatable bonds is 5. The molecule has 4 heteroatoms. The van der Waals surface area contributed by atoms with Gasteiger partial charge in [-0.25, -0.2) is 0 Å².